The van der Waals surface area contributed by atoms with Gasteiger partial charge in [0.1, 0.15) is 12.1 Å². The number of carbonyl (C=O) groups is 4. The van der Waals surface area contributed by atoms with E-state index < -0.39 is 48.3 Å². The van der Waals surface area contributed by atoms with E-state index in [1.165, 1.54) is 12.5 Å². The smallest absolute Gasteiger partial charge is 0.326 e. The van der Waals surface area contributed by atoms with Gasteiger partial charge in [-0.05, 0) is 5.92 Å². The van der Waals surface area contributed by atoms with Crippen molar-refractivity contribution in [1.29, 1.82) is 0 Å². The number of aliphatic carboxylic acids is 2. The first-order valence-corrected chi connectivity index (χ1v) is 8.43. The highest BCUT2D eigenvalue weighted by molar-refractivity contribution is 5.94. The van der Waals surface area contributed by atoms with Crippen LogP contribution in [-0.2, 0) is 25.6 Å². The van der Waals surface area contributed by atoms with Gasteiger partial charge < -0.3 is 31.6 Å². The van der Waals surface area contributed by atoms with E-state index in [9.17, 15) is 24.3 Å². The average Bonchev–Trinajstić information content (AvgIpc) is 3.10. The highest BCUT2D eigenvalue weighted by Gasteiger charge is 2.31. The van der Waals surface area contributed by atoms with Crippen LogP contribution in [0.3, 0.4) is 0 Å². The molecule has 0 radical (unpaired) electrons. The minimum absolute atomic E-state index is 0.109. The van der Waals surface area contributed by atoms with Crippen molar-refractivity contribution < 1.29 is 29.4 Å². The number of nitrogens with zero attached hydrogens (tertiary/aromatic N) is 1. The van der Waals surface area contributed by atoms with E-state index in [1.54, 1.807) is 13.8 Å². The van der Waals surface area contributed by atoms with E-state index in [2.05, 4.69) is 20.6 Å². The second-order valence-electron chi connectivity index (χ2n) is 6.26. The van der Waals surface area contributed by atoms with Gasteiger partial charge in [0.25, 0.3) is 0 Å². The first kappa shape index (κ1) is 22.1. The molecule has 0 spiro atoms. The van der Waals surface area contributed by atoms with Gasteiger partial charge in [0.05, 0.1) is 18.8 Å². The summed E-state index contributed by atoms with van der Waals surface area (Å²) < 4.78 is 0. The Kier molecular flexibility index (Phi) is 8.39. The maximum absolute atomic E-state index is 12.4. The third kappa shape index (κ3) is 7.05. The van der Waals surface area contributed by atoms with E-state index in [4.69, 9.17) is 10.8 Å². The maximum Gasteiger partial charge on any atom is 0.326 e. The normalized spacial score (nSPS) is 15.2. The molecule has 1 heterocycles. The number of rotatable bonds is 11. The Bertz CT molecular complexity index is 662. The summed E-state index contributed by atoms with van der Waals surface area (Å²) in [5, 5.41) is 22.8. The number of H-pyrrole nitrogens is 1. The lowest BCUT2D eigenvalue weighted by Gasteiger charge is -2.24. The largest absolute Gasteiger partial charge is 0.481 e. The van der Waals surface area contributed by atoms with Gasteiger partial charge >= 0.3 is 11.9 Å². The Morgan fingerprint density at radius 1 is 1.22 bits per heavy atom. The average molecular weight is 383 g/mol. The highest BCUT2D eigenvalue weighted by atomic mass is 16.4. The van der Waals surface area contributed by atoms with Gasteiger partial charge in [-0.1, -0.05) is 20.3 Å². The molecule has 27 heavy (non-hydrogen) atoms. The number of imidazole rings is 1. The minimum atomic E-state index is -1.45. The summed E-state index contributed by atoms with van der Waals surface area (Å²) in [4.78, 5) is 53.6. The van der Waals surface area contributed by atoms with Gasteiger partial charge in [-0.25, -0.2) is 9.78 Å². The van der Waals surface area contributed by atoms with Crippen LogP contribution in [0.25, 0.3) is 0 Å². The van der Waals surface area contributed by atoms with Crippen LogP contribution in [0.5, 0.6) is 0 Å². The molecule has 4 atom stereocenters. The van der Waals surface area contributed by atoms with Crippen LogP contribution in [0.2, 0.25) is 0 Å². The van der Waals surface area contributed by atoms with E-state index in [1.807, 2.05) is 0 Å². The Morgan fingerprint density at radius 2 is 1.89 bits per heavy atom. The summed E-state index contributed by atoms with van der Waals surface area (Å²) >= 11 is 0. The standard InChI is InChI=1S/C16H25N5O6/c1-3-8(2)13(16(26)27)21-15(25)11(5-12(22)23)20-14(24)10(17)4-9-6-18-7-19-9/h6-8,10-11,13H,3-5,17H2,1-2H3,(H,18,19)(H,20,24)(H,21,25)(H,22,23)(H,26,27)/t8-,10-,11-,13-/m0/s1. The quantitative estimate of drug-likeness (QED) is 0.276. The summed E-state index contributed by atoms with van der Waals surface area (Å²) in [5.41, 5.74) is 6.37. The topological polar surface area (TPSA) is 187 Å². The zero-order chi connectivity index (χ0) is 20.6. The summed E-state index contributed by atoms with van der Waals surface area (Å²) in [7, 11) is 0. The van der Waals surface area contributed by atoms with Crippen LogP contribution >= 0.6 is 0 Å². The fourth-order valence-corrected chi connectivity index (χ4v) is 2.33. The van der Waals surface area contributed by atoms with Crippen molar-refractivity contribution in [2.24, 2.45) is 11.7 Å². The number of carboxylic acids is 2. The molecular weight excluding hydrogens is 358 g/mol. The Labute approximate surface area is 155 Å². The third-order valence-corrected chi connectivity index (χ3v) is 4.12. The van der Waals surface area contributed by atoms with Gasteiger partial charge in [-0.15, -0.1) is 0 Å². The predicted molar refractivity (Wildman–Crippen MR) is 93.5 cm³/mol. The van der Waals surface area contributed by atoms with Crippen molar-refractivity contribution in [2.45, 2.75) is 51.2 Å². The number of amides is 2. The molecule has 150 valence electrons. The van der Waals surface area contributed by atoms with Gasteiger partial charge in [-0.2, -0.15) is 0 Å². The molecule has 7 N–H and O–H groups in total. The molecule has 0 saturated carbocycles. The first-order valence-electron chi connectivity index (χ1n) is 8.43. The van der Waals surface area contributed by atoms with Crippen LogP contribution in [-0.4, -0.2) is 62.1 Å². The monoisotopic (exact) mass is 383 g/mol. The van der Waals surface area contributed by atoms with Gasteiger partial charge in [0.2, 0.25) is 11.8 Å². The number of hydrogen-bond donors (Lipinski definition) is 6. The van der Waals surface area contributed by atoms with Crippen molar-refractivity contribution in [3.63, 3.8) is 0 Å². The van der Waals surface area contributed by atoms with Gasteiger partial charge in [0, 0.05) is 18.3 Å². The summed E-state index contributed by atoms with van der Waals surface area (Å²) in [5.74, 6) is -4.58. The Hall–Kier alpha value is -2.95. The zero-order valence-corrected chi connectivity index (χ0v) is 15.1. The van der Waals surface area contributed by atoms with Crippen LogP contribution in [0.15, 0.2) is 12.5 Å². The van der Waals surface area contributed by atoms with E-state index in [0.29, 0.717) is 12.1 Å². The van der Waals surface area contributed by atoms with E-state index in [-0.39, 0.29) is 12.3 Å². The molecule has 0 saturated heterocycles. The third-order valence-electron chi connectivity index (χ3n) is 4.12. The van der Waals surface area contributed by atoms with Gasteiger partial charge in [0.15, 0.2) is 0 Å². The number of aromatic nitrogens is 2. The molecule has 0 aromatic carbocycles. The molecule has 11 heteroatoms. The molecule has 1 aromatic heterocycles. The molecule has 1 aromatic rings. The fraction of sp³-hybridized carbons (Fsp3) is 0.562. The van der Waals surface area contributed by atoms with Crippen molar-refractivity contribution >= 4 is 23.8 Å². The van der Waals surface area contributed by atoms with Crippen LogP contribution < -0.4 is 16.4 Å². The molecule has 0 aliphatic rings. The molecule has 0 aliphatic carbocycles. The molecule has 0 fully saturated rings. The summed E-state index contributed by atoms with van der Waals surface area (Å²) in [6.07, 6.45) is 2.79. The van der Waals surface area contributed by atoms with E-state index in [0.717, 1.165) is 0 Å². The molecule has 1 rings (SSSR count). The highest BCUT2D eigenvalue weighted by Crippen LogP contribution is 2.09. The SMILES string of the molecule is CC[C@H](C)[C@H](NC(=O)[C@H](CC(=O)O)NC(=O)[C@@H](N)Cc1cnc[nH]1)C(=O)O. The lowest BCUT2D eigenvalue weighted by atomic mass is 9.98. The number of carboxylic acid groups (broad SMARTS) is 2. The Morgan fingerprint density at radius 3 is 2.37 bits per heavy atom. The first-order chi connectivity index (χ1) is 12.6. The number of nitrogens with two attached hydrogens (primary N) is 1. The molecule has 2 amide bonds. The fourth-order valence-electron chi connectivity index (χ4n) is 2.33. The van der Waals surface area contributed by atoms with Crippen LogP contribution in [0, 0.1) is 5.92 Å². The van der Waals surface area contributed by atoms with E-state index >= 15 is 0 Å². The number of hydrogen-bond acceptors (Lipinski definition) is 6. The number of carbonyl (C=O) groups excluding carboxylic acids is 2. The molecule has 0 aliphatic heterocycles. The lowest BCUT2D eigenvalue weighted by molar-refractivity contribution is -0.144. The van der Waals surface area contributed by atoms with Crippen molar-refractivity contribution in [3.8, 4) is 0 Å². The molecule has 0 unspecified atom stereocenters. The second-order valence-corrected chi connectivity index (χ2v) is 6.26. The molecule has 11 nitrogen and oxygen atoms in total. The maximum atomic E-state index is 12.4. The summed E-state index contributed by atoms with van der Waals surface area (Å²) in [6, 6.07) is -3.69. The summed E-state index contributed by atoms with van der Waals surface area (Å²) in [6.45, 7) is 3.40. The Balaban J connectivity index is 2.80. The van der Waals surface area contributed by atoms with Gasteiger partial charge in [-0.3, -0.25) is 14.4 Å². The van der Waals surface area contributed by atoms with Crippen LogP contribution in [0.4, 0.5) is 0 Å². The molecule has 0 bridgehead atoms. The molecular formula is C16H25N5O6. The van der Waals surface area contributed by atoms with Crippen LogP contribution in [0.1, 0.15) is 32.4 Å². The predicted octanol–water partition coefficient (Wildman–Crippen LogP) is -1.15. The second kappa shape index (κ2) is 10.3. The lowest BCUT2D eigenvalue weighted by Crippen LogP contribution is -2.56. The van der Waals surface area contributed by atoms with Crippen molar-refractivity contribution in [2.75, 3.05) is 0 Å². The minimum Gasteiger partial charge on any atom is -0.481 e. The van der Waals surface area contributed by atoms with Crippen molar-refractivity contribution in [3.05, 3.63) is 18.2 Å². The number of nitrogens with one attached hydrogen (secondary N) is 3. The number of aromatic amines is 1. The van der Waals surface area contributed by atoms with Crippen molar-refractivity contribution in [1.82, 2.24) is 20.6 Å². The zero-order valence-electron chi connectivity index (χ0n) is 15.1.